The Labute approximate surface area is 101 Å². The first-order chi connectivity index (χ1) is 8.76. The van der Waals surface area contributed by atoms with Gasteiger partial charge in [-0.3, -0.25) is 4.79 Å². The van der Waals surface area contributed by atoms with Crippen molar-refractivity contribution < 1.29 is 4.74 Å². The molecule has 0 spiro atoms. The topological polar surface area (TPSA) is 81.7 Å². The Hall–Kier alpha value is -2.74. The van der Waals surface area contributed by atoms with Crippen LogP contribution in [0, 0.1) is 22.0 Å². The molecule has 1 aromatic carbocycles. The zero-order valence-corrected chi connectivity index (χ0v) is 9.57. The van der Waals surface area contributed by atoms with Gasteiger partial charge < -0.3 is 14.7 Å². The van der Waals surface area contributed by atoms with Gasteiger partial charge in [0.25, 0.3) is 0 Å². The monoisotopic (exact) mass is 239 g/mol. The Morgan fingerprint density at radius 2 is 1.89 bits per heavy atom. The average molecular weight is 239 g/mol. The third kappa shape index (κ3) is 1.23. The molecule has 1 aliphatic heterocycles. The maximum atomic E-state index is 12.2. The molecular formula is C13H9N3O2. The molecule has 0 aromatic heterocycles. The quantitative estimate of drug-likeness (QED) is 0.674. The van der Waals surface area contributed by atoms with Crippen molar-refractivity contribution in [3.05, 3.63) is 50.9 Å². The number of nitriles is 1. The molecule has 5 nitrogen and oxygen atoms in total. The van der Waals surface area contributed by atoms with E-state index in [0.29, 0.717) is 22.0 Å². The molecule has 0 amide bonds. The summed E-state index contributed by atoms with van der Waals surface area (Å²) in [7, 11) is 1.47. The van der Waals surface area contributed by atoms with Gasteiger partial charge in [-0.25, -0.2) is 0 Å². The number of H-pyrrole nitrogens is 2. The van der Waals surface area contributed by atoms with Crippen LogP contribution >= 0.6 is 0 Å². The zero-order chi connectivity index (χ0) is 12.7. The molecule has 0 saturated heterocycles. The maximum absolute atomic E-state index is 12.2. The summed E-state index contributed by atoms with van der Waals surface area (Å²) in [6.45, 7) is 0. The molecule has 1 aliphatic carbocycles. The van der Waals surface area contributed by atoms with Crippen molar-refractivity contribution in [3.8, 4) is 11.9 Å². The first kappa shape index (κ1) is 10.4. The molecule has 3 rings (SSSR count). The Morgan fingerprint density at radius 3 is 2.56 bits per heavy atom. The van der Waals surface area contributed by atoms with Gasteiger partial charge in [0, 0.05) is 10.8 Å². The lowest BCUT2D eigenvalue weighted by Gasteiger charge is -2.01. The number of benzene rings is 1. The summed E-state index contributed by atoms with van der Waals surface area (Å²) in [5.41, 5.74) is 0.0911. The van der Waals surface area contributed by atoms with Crippen LogP contribution in [0.4, 0.5) is 0 Å². The van der Waals surface area contributed by atoms with Crippen LogP contribution in [0.2, 0.25) is 0 Å². The minimum absolute atomic E-state index is 0.115. The average Bonchev–Trinajstić information content (AvgIpc) is 2.71. The summed E-state index contributed by atoms with van der Waals surface area (Å²) < 4.78 is 5.09. The standard InChI is InChI=1S/C13H9N3O2/c1-18-13-9(6-14)15-11-10(16-13)7-4-2-3-5-8(7)12(11)17/h2-5,15-16H,1H3. The van der Waals surface area contributed by atoms with Gasteiger partial charge in [-0.1, -0.05) is 24.3 Å². The van der Waals surface area contributed by atoms with Crippen molar-refractivity contribution in [2.24, 2.45) is 0 Å². The van der Waals surface area contributed by atoms with E-state index >= 15 is 0 Å². The van der Waals surface area contributed by atoms with E-state index in [4.69, 9.17) is 10.00 Å². The molecule has 18 heavy (non-hydrogen) atoms. The molecule has 0 atom stereocenters. The lowest BCUT2D eigenvalue weighted by molar-refractivity contribution is 0.393. The predicted octanol–water partition coefficient (Wildman–Crippen LogP) is 1.46. The third-order valence-corrected chi connectivity index (χ3v) is 2.95. The Bertz CT molecular complexity index is 899. The summed E-state index contributed by atoms with van der Waals surface area (Å²) in [5, 5.41) is 11.5. The van der Waals surface area contributed by atoms with Crippen LogP contribution in [0.3, 0.4) is 0 Å². The van der Waals surface area contributed by atoms with Gasteiger partial charge in [0.1, 0.15) is 11.4 Å². The smallest absolute Gasteiger partial charge is 0.226 e. The van der Waals surface area contributed by atoms with Crippen LogP contribution < -0.4 is 10.2 Å². The van der Waals surface area contributed by atoms with Crippen molar-refractivity contribution in [3.63, 3.8) is 0 Å². The van der Waals surface area contributed by atoms with Crippen LogP contribution in [0.15, 0.2) is 29.1 Å². The molecule has 0 saturated carbocycles. The fraction of sp³-hybridized carbons (Fsp3) is 0.0769. The van der Waals surface area contributed by atoms with E-state index in [2.05, 4.69) is 9.97 Å². The van der Waals surface area contributed by atoms with Gasteiger partial charge >= 0.3 is 0 Å². The Balaban J connectivity index is 2.63. The summed E-state index contributed by atoms with van der Waals surface area (Å²) in [5.74, 6) is 0.320. The molecule has 0 fully saturated rings. The highest BCUT2D eigenvalue weighted by molar-refractivity contribution is 5.83. The van der Waals surface area contributed by atoms with Crippen molar-refractivity contribution >= 4 is 10.8 Å². The molecule has 1 heterocycles. The van der Waals surface area contributed by atoms with Crippen molar-refractivity contribution in [1.29, 1.82) is 5.26 Å². The Morgan fingerprint density at radius 1 is 1.17 bits per heavy atom. The van der Waals surface area contributed by atoms with Gasteiger partial charge in [0.05, 0.1) is 12.5 Å². The Kier molecular flexibility index (Phi) is 2.10. The predicted molar refractivity (Wildman–Crippen MR) is 65.5 cm³/mol. The number of methoxy groups -OCH3 is 1. The van der Waals surface area contributed by atoms with Crippen LogP contribution in [0.1, 0.15) is 5.69 Å². The summed E-state index contributed by atoms with van der Waals surface area (Å²) in [6, 6.07) is 9.25. The molecule has 2 aliphatic rings. The second kappa shape index (κ2) is 3.64. The SMILES string of the molecule is COc1[nH]c2c3ccccc3c(=O)c=2[nH]c1C#N. The number of nitrogens with zero attached hydrogens (tertiary/aromatic N) is 1. The number of fused-ring (bicyclic) bond motifs is 2. The number of aromatic nitrogens is 2. The molecule has 0 radical (unpaired) electrons. The first-order valence-corrected chi connectivity index (χ1v) is 5.37. The van der Waals surface area contributed by atoms with Gasteiger partial charge in [0.2, 0.25) is 11.3 Å². The number of ether oxygens (including phenoxy) is 1. The molecule has 0 unspecified atom stereocenters. The zero-order valence-electron chi connectivity index (χ0n) is 9.57. The lowest BCUT2D eigenvalue weighted by Crippen LogP contribution is -2.03. The fourth-order valence-corrected chi connectivity index (χ4v) is 2.12. The second-order valence-electron chi connectivity index (χ2n) is 3.89. The van der Waals surface area contributed by atoms with Gasteiger partial charge in [-0.15, -0.1) is 0 Å². The van der Waals surface area contributed by atoms with Crippen LogP contribution in [-0.4, -0.2) is 17.1 Å². The maximum Gasteiger partial charge on any atom is 0.226 e. The van der Waals surface area contributed by atoms with E-state index in [0.717, 1.165) is 5.39 Å². The number of hydrogen-bond acceptors (Lipinski definition) is 3. The minimum Gasteiger partial charge on any atom is -0.480 e. The summed E-state index contributed by atoms with van der Waals surface area (Å²) in [4.78, 5) is 18.0. The van der Waals surface area contributed by atoms with E-state index in [9.17, 15) is 4.79 Å². The van der Waals surface area contributed by atoms with Gasteiger partial charge in [0.15, 0.2) is 5.69 Å². The van der Waals surface area contributed by atoms with E-state index < -0.39 is 0 Å². The van der Waals surface area contributed by atoms with E-state index in [1.807, 2.05) is 24.3 Å². The highest BCUT2D eigenvalue weighted by atomic mass is 16.5. The largest absolute Gasteiger partial charge is 0.480 e. The van der Waals surface area contributed by atoms with Gasteiger partial charge in [-0.2, -0.15) is 5.26 Å². The number of rotatable bonds is 1. The third-order valence-electron chi connectivity index (χ3n) is 2.95. The van der Waals surface area contributed by atoms with E-state index in [1.165, 1.54) is 7.11 Å². The molecule has 0 bridgehead atoms. The minimum atomic E-state index is -0.115. The number of nitrogens with one attached hydrogen (secondary N) is 2. The lowest BCUT2D eigenvalue weighted by atomic mass is 10.2. The van der Waals surface area contributed by atoms with Crippen LogP contribution in [0.25, 0.3) is 10.8 Å². The normalized spacial score (nSPS) is 10.7. The van der Waals surface area contributed by atoms with Crippen molar-refractivity contribution in [2.45, 2.75) is 0 Å². The molecule has 1 aromatic rings. The molecule has 5 heteroatoms. The highest BCUT2D eigenvalue weighted by Gasteiger charge is 2.11. The van der Waals surface area contributed by atoms with Crippen molar-refractivity contribution in [2.75, 3.05) is 7.11 Å². The number of hydrogen-bond donors (Lipinski definition) is 2. The van der Waals surface area contributed by atoms with E-state index in [1.54, 1.807) is 6.07 Å². The van der Waals surface area contributed by atoms with E-state index in [-0.39, 0.29) is 11.1 Å². The summed E-state index contributed by atoms with van der Waals surface area (Å²) in [6.07, 6.45) is 0. The fourth-order valence-electron chi connectivity index (χ4n) is 2.12. The first-order valence-electron chi connectivity index (χ1n) is 5.37. The molecular weight excluding hydrogens is 230 g/mol. The van der Waals surface area contributed by atoms with Crippen LogP contribution in [-0.2, 0) is 0 Å². The second-order valence-corrected chi connectivity index (χ2v) is 3.89. The molecule has 88 valence electrons. The highest BCUT2D eigenvalue weighted by Crippen LogP contribution is 2.17. The number of aromatic amines is 2. The summed E-state index contributed by atoms with van der Waals surface area (Å²) >= 11 is 0. The molecule has 2 N–H and O–H groups in total. The van der Waals surface area contributed by atoms with Gasteiger partial charge in [-0.05, 0) is 0 Å². The van der Waals surface area contributed by atoms with Crippen LogP contribution in [0.5, 0.6) is 5.88 Å². The van der Waals surface area contributed by atoms with Crippen molar-refractivity contribution in [1.82, 2.24) is 9.97 Å².